The van der Waals surface area contributed by atoms with Crippen molar-refractivity contribution in [3.8, 4) is 16.9 Å². The van der Waals surface area contributed by atoms with Crippen LogP contribution >= 0.6 is 0 Å². The first-order chi connectivity index (χ1) is 18.2. The van der Waals surface area contributed by atoms with E-state index in [4.69, 9.17) is 9.84 Å². The quantitative estimate of drug-likeness (QED) is 0.352. The third-order valence-electron chi connectivity index (χ3n) is 6.15. The van der Waals surface area contributed by atoms with Crippen molar-refractivity contribution in [1.82, 2.24) is 20.4 Å². The van der Waals surface area contributed by atoms with Gasteiger partial charge in [-0.15, -0.1) is 0 Å². The van der Waals surface area contributed by atoms with E-state index in [1.165, 1.54) is 0 Å². The van der Waals surface area contributed by atoms with Crippen LogP contribution in [0.2, 0.25) is 0 Å². The van der Waals surface area contributed by atoms with E-state index in [-0.39, 0.29) is 23.6 Å². The molecule has 1 fully saturated rings. The minimum atomic E-state index is -0.383. The van der Waals surface area contributed by atoms with E-state index in [1.54, 1.807) is 35.0 Å². The number of nitrogens with one attached hydrogen (secondary N) is 2. The molecule has 0 spiro atoms. The van der Waals surface area contributed by atoms with Gasteiger partial charge in [0, 0.05) is 36.0 Å². The number of benzene rings is 3. The number of para-hydroxylation sites is 1. The summed E-state index contributed by atoms with van der Waals surface area (Å²) in [5.41, 5.74) is 3.78. The third-order valence-corrected chi connectivity index (χ3v) is 6.15. The van der Waals surface area contributed by atoms with Crippen molar-refractivity contribution in [3.05, 3.63) is 114 Å². The molecule has 1 saturated heterocycles. The zero-order valence-corrected chi connectivity index (χ0v) is 20.3. The van der Waals surface area contributed by atoms with Gasteiger partial charge in [-0.3, -0.25) is 9.59 Å². The lowest BCUT2D eigenvalue weighted by molar-refractivity contribution is -0.118. The monoisotopic (exact) mass is 492 g/mol. The number of amides is 2. The Balaban J connectivity index is 1.52. The number of nitrogens with zero attached hydrogens (tertiary/aromatic N) is 2. The molecule has 2 amide bonds. The van der Waals surface area contributed by atoms with Gasteiger partial charge in [-0.1, -0.05) is 66.7 Å². The van der Waals surface area contributed by atoms with E-state index < -0.39 is 0 Å². The lowest BCUT2D eigenvalue weighted by Gasteiger charge is -2.14. The van der Waals surface area contributed by atoms with Crippen molar-refractivity contribution in [2.75, 3.05) is 13.2 Å². The Morgan fingerprint density at radius 3 is 2.30 bits per heavy atom. The summed E-state index contributed by atoms with van der Waals surface area (Å²) >= 11 is 0. The molecule has 0 saturated carbocycles. The second-order valence-electron chi connectivity index (χ2n) is 8.80. The van der Waals surface area contributed by atoms with Crippen LogP contribution in [0, 0.1) is 0 Å². The molecule has 5 rings (SSSR count). The van der Waals surface area contributed by atoms with Gasteiger partial charge in [-0.05, 0) is 43.2 Å². The van der Waals surface area contributed by atoms with Crippen LogP contribution < -0.4 is 10.6 Å². The summed E-state index contributed by atoms with van der Waals surface area (Å²) in [5.74, 6) is -0.748. The molecule has 4 aromatic rings. The Kier molecular flexibility index (Phi) is 7.52. The van der Waals surface area contributed by atoms with Crippen molar-refractivity contribution in [1.29, 1.82) is 0 Å². The molecule has 2 heterocycles. The van der Waals surface area contributed by atoms with Crippen molar-refractivity contribution in [2.45, 2.75) is 18.9 Å². The highest BCUT2D eigenvalue weighted by molar-refractivity contribution is 6.05. The molecule has 7 heteroatoms. The Labute approximate surface area is 215 Å². The summed E-state index contributed by atoms with van der Waals surface area (Å²) < 4.78 is 7.42. The lowest BCUT2D eigenvalue weighted by Crippen LogP contribution is -2.38. The van der Waals surface area contributed by atoms with Gasteiger partial charge in [0.15, 0.2) is 0 Å². The van der Waals surface area contributed by atoms with Crippen LogP contribution in [0.3, 0.4) is 0 Å². The van der Waals surface area contributed by atoms with Crippen LogP contribution in [0.4, 0.5) is 0 Å². The molecule has 186 valence electrons. The van der Waals surface area contributed by atoms with Crippen molar-refractivity contribution in [3.63, 3.8) is 0 Å². The number of hydrogen-bond donors (Lipinski definition) is 2. The fourth-order valence-electron chi connectivity index (χ4n) is 4.23. The molecule has 1 aliphatic rings. The number of carbonyl (C=O) groups excluding carboxylic acids is 2. The molecular formula is C30H28N4O3. The molecule has 1 aromatic heterocycles. The molecule has 0 radical (unpaired) electrons. The van der Waals surface area contributed by atoms with E-state index in [0.717, 1.165) is 24.1 Å². The van der Waals surface area contributed by atoms with E-state index in [2.05, 4.69) is 10.6 Å². The maximum absolute atomic E-state index is 13.3. The van der Waals surface area contributed by atoms with Crippen LogP contribution in [0.25, 0.3) is 23.0 Å². The molecule has 1 atom stereocenters. The molecule has 3 aromatic carbocycles. The zero-order valence-electron chi connectivity index (χ0n) is 20.3. The smallest absolute Gasteiger partial charge is 0.267 e. The first kappa shape index (κ1) is 24.2. The van der Waals surface area contributed by atoms with Gasteiger partial charge in [-0.25, -0.2) is 4.68 Å². The summed E-state index contributed by atoms with van der Waals surface area (Å²) in [4.78, 5) is 26.3. The van der Waals surface area contributed by atoms with Crippen LogP contribution in [0.15, 0.2) is 103 Å². The second kappa shape index (κ2) is 11.5. The predicted octanol–water partition coefficient (Wildman–Crippen LogP) is 4.61. The fourth-order valence-corrected chi connectivity index (χ4v) is 4.23. The number of rotatable bonds is 8. The van der Waals surface area contributed by atoms with Crippen molar-refractivity contribution in [2.24, 2.45) is 0 Å². The number of carbonyl (C=O) groups is 2. The minimum absolute atomic E-state index is 0.0178. The number of hydrogen-bond acceptors (Lipinski definition) is 4. The molecule has 0 bridgehead atoms. The van der Waals surface area contributed by atoms with E-state index >= 15 is 0 Å². The van der Waals surface area contributed by atoms with E-state index in [0.29, 0.717) is 30.0 Å². The lowest BCUT2D eigenvalue weighted by atomic mass is 10.1. The highest BCUT2D eigenvalue weighted by Gasteiger charge is 2.21. The van der Waals surface area contributed by atoms with Gasteiger partial charge in [0.1, 0.15) is 11.4 Å². The van der Waals surface area contributed by atoms with E-state index in [9.17, 15) is 9.59 Å². The first-order valence-electron chi connectivity index (χ1n) is 12.4. The van der Waals surface area contributed by atoms with Crippen LogP contribution in [-0.2, 0) is 9.53 Å². The Hall–Kier alpha value is -4.49. The first-order valence-corrected chi connectivity index (χ1v) is 12.4. The maximum Gasteiger partial charge on any atom is 0.267 e. The van der Waals surface area contributed by atoms with Gasteiger partial charge in [0.05, 0.1) is 11.8 Å². The van der Waals surface area contributed by atoms with Crippen molar-refractivity contribution < 1.29 is 14.3 Å². The maximum atomic E-state index is 13.3. The highest BCUT2D eigenvalue weighted by Crippen LogP contribution is 2.25. The third kappa shape index (κ3) is 6.02. The Bertz CT molecular complexity index is 1380. The van der Waals surface area contributed by atoms with E-state index in [1.807, 2.05) is 72.9 Å². The van der Waals surface area contributed by atoms with Gasteiger partial charge in [0.2, 0.25) is 0 Å². The second-order valence-corrected chi connectivity index (χ2v) is 8.80. The summed E-state index contributed by atoms with van der Waals surface area (Å²) in [6.45, 7) is 1.08. The Morgan fingerprint density at radius 1 is 0.946 bits per heavy atom. The molecule has 7 nitrogen and oxygen atoms in total. The molecule has 0 unspecified atom stereocenters. The van der Waals surface area contributed by atoms with Crippen molar-refractivity contribution >= 4 is 17.9 Å². The number of ether oxygens (including phenoxy) is 1. The molecule has 1 aliphatic heterocycles. The molecule has 0 aliphatic carbocycles. The molecular weight excluding hydrogens is 464 g/mol. The highest BCUT2D eigenvalue weighted by atomic mass is 16.5. The van der Waals surface area contributed by atoms with Gasteiger partial charge in [-0.2, -0.15) is 5.10 Å². The minimum Gasteiger partial charge on any atom is -0.376 e. The predicted molar refractivity (Wildman–Crippen MR) is 143 cm³/mol. The van der Waals surface area contributed by atoms with Gasteiger partial charge >= 0.3 is 0 Å². The number of aromatic nitrogens is 2. The topological polar surface area (TPSA) is 85.2 Å². The Morgan fingerprint density at radius 2 is 1.62 bits per heavy atom. The molecule has 2 N–H and O–H groups in total. The van der Waals surface area contributed by atoms with Gasteiger partial charge < -0.3 is 15.4 Å². The summed E-state index contributed by atoms with van der Waals surface area (Å²) in [6, 6.07) is 28.3. The summed E-state index contributed by atoms with van der Waals surface area (Å²) in [5, 5.41) is 10.6. The zero-order chi connectivity index (χ0) is 25.5. The average molecular weight is 493 g/mol. The standard InChI is InChI=1S/C30H28N4O3/c35-29(23-13-6-2-7-14-23)32-27(30(36)31-20-26-17-10-18-37-26)19-24-21-34(25-15-8-3-9-16-25)33-28(24)22-11-4-1-5-12-22/h1-9,11-16,19,21,26H,10,17-18,20H2,(H,31,36)(H,32,35)/b27-19-/t26-/m1/s1. The van der Waals surface area contributed by atoms with Crippen LogP contribution in [-0.4, -0.2) is 40.9 Å². The summed E-state index contributed by atoms with van der Waals surface area (Å²) in [6.07, 6.45) is 5.40. The van der Waals surface area contributed by atoms with Crippen LogP contribution in [0.5, 0.6) is 0 Å². The van der Waals surface area contributed by atoms with Gasteiger partial charge in [0.25, 0.3) is 11.8 Å². The fraction of sp³-hybridized carbons (Fsp3) is 0.167. The molecule has 37 heavy (non-hydrogen) atoms. The normalized spacial score (nSPS) is 15.4. The average Bonchev–Trinajstić information content (AvgIpc) is 3.63. The van der Waals surface area contributed by atoms with Crippen LogP contribution in [0.1, 0.15) is 28.8 Å². The largest absolute Gasteiger partial charge is 0.376 e. The SMILES string of the molecule is O=C(NC[C@H]1CCCO1)/C(=C/c1cn(-c2ccccc2)nc1-c1ccccc1)NC(=O)c1ccccc1. The summed E-state index contributed by atoms with van der Waals surface area (Å²) in [7, 11) is 0.